The van der Waals surface area contributed by atoms with Gasteiger partial charge in [0.2, 0.25) is 5.91 Å². The molecule has 0 radical (unpaired) electrons. The number of hydrogen-bond acceptors (Lipinski definition) is 6. The third-order valence-electron chi connectivity index (χ3n) is 10.9. The van der Waals surface area contributed by atoms with E-state index in [1.54, 1.807) is 0 Å². The Balaban J connectivity index is 0.00000228. The molecule has 10 atom stereocenters. The number of nitrogens with one attached hydrogen (secondary N) is 1. The molecule has 0 aliphatic heterocycles. The van der Waals surface area contributed by atoms with Crippen LogP contribution in [0.3, 0.4) is 0 Å². The molecule has 1 amide bonds. The van der Waals surface area contributed by atoms with Gasteiger partial charge in [0.05, 0.1) is 28.1 Å². The number of fused-ring (bicyclic) bond motifs is 5. The van der Waals surface area contributed by atoms with E-state index in [-0.39, 0.29) is 76.4 Å². The van der Waals surface area contributed by atoms with Gasteiger partial charge < -0.3 is 25.6 Å². The Morgan fingerprint density at radius 3 is 2.33 bits per heavy atom. The van der Waals surface area contributed by atoms with Crippen molar-refractivity contribution in [2.24, 2.45) is 46.3 Å². The number of aliphatic hydroxyl groups excluding tert-OH is 2. The van der Waals surface area contributed by atoms with Gasteiger partial charge in [0.1, 0.15) is 0 Å². The molecular weight excluding hydrogens is 493 g/mol. The first-order valence-corrected chi connectivity index (χ1v) is 15.0. The molecule has 0 heterocycles. The fraction of sp³-hybridized carbons (Fsp3) is 0.962. The predicted molar refractivity (Wildman–Crippen MR) is 132 cm³/mol. The standard InChI is InChI=1S/C26H45NO6S.Na.H2O/c1-16(4-7-24(30)27-12-13-34(31,32)33)19-5-6-20-18-15-23(29)22-14-17(28)8-10-26(22,3)21(18)9-11-25(19,20)2;;/h16-23,28-29H,4-15H2,1-3H3,(H,27,30)(H,31,32,33);;1H2/q;+1;/p-1/t16-,17-,18+,19-,20+,21+,22+,23+,25-,26-;;/m1../s1. The van der Waals surface area contributed by atoms with E-state index in [0.29, 0.717) is 36.0 Å². The first kappa shape index (κ1) is 32.5. The summed E-state index contributed by atoms with van der Waals surface area (Å²) in [6.45, 7) is 6.96. The first-order chi connectivity index (χ1) is 15.8. The summed E-state index contributed by atoms with van der Waals surface area (Å²) in [6, 6.07) is 0. The topological polar surface area (TPSA) is 158 Å². The molecule has 0 aromatic carbocycles. The minimum Gasteiger partial charge on any atom is -0.748 e. The minimum absolute atomic E-state index is 0. The molecule has 4 aliphatic rings. The summed E-state index contributed by atoms with van der Waals surface area (Å²) in [5, 5.41) is 24.0. The van der Waals surface area contributed by atoms with Crippen LogP contribution in [-0.2, 0) is 14.9 Å². The minimum atomic E-state index is -4.31. The molecule has 5 N–H and O–H groups in total. The van der Waals surface area contributed by atoms with E-state index in [4.69, 9.17) is 0 Å². The Hall–Kier alpha value is 0.260. The second-order valence-electron chi connectivity index (χ2n) is 12.6. The normalized spacial score (nSPS) is 42.6. The maximum absolute atomic E-state index is 12.2. The van der Waals surface area contributed by atoms with Crippen molar-refractivity contribution >= 4 is 16.0 Å². The number of amides is 1. The SMILES string of the molecule is C[C@H](CCC(=O)NCCS(=O)(=O)[O-])[C@H]1CC[C@H]2[C@@H]3C[C@H](O)[C@@H]4C[C@H](O)CC[C@]4(C)[C@H]3CC[C@]12C.O.[Na+]. The first-order valence-electron chi connectivity index (χ1n) is 13.4. The third kappa shape index (κ3) is 6.35. The molecular formula is C26H46NNaO7S. The van der Waals surface area contributed by atoms with Gasteiger partial charge in [-0.05, 0) is 104 Å². The van der Waals surface area contributed by atoms with Crippen LogP contribution >= 0.6 is 0 Å². The average Bonchev–Trinajstić information content (AvgIpc) is 3.10. The van der Waals surface area contributed by atoms with Crippen LogP contribution in [0.25, 0.3) is 0 Å². The van der Waals surface area contributed by atoms with Crippen molar-refractivity contribution in [2.45, 2.75) is 97.2 Å². The molecule has 0 unspecified atom stereocenters. The number of carbonyl (C=O) groups is 1. The monoisotopic (exact) mass is 539 g/mol. The van der Waals surface area contributed by atoms with Crippen molar-refractivity contribution in [1.82, 2.24) is 5.32 Å². The number of carbonyl (C=O) groups excluding carboxylic acids is 1. The van der Waals surface area contributed by atoms with Crippen LogP contribution in [0.15, 0.2) is 0 Å². The van der Waals surface area contributed by atoms with Gasteiger partial charge in [-0.25, -0.2) is 8.42 Å². The van der Waals surface area contributed by atoms with Crippen molar-refractivity contribution in [1.29, 1.82) is 0 Å². The van der Waals surface area contributed by atoms with E-state index < -0.39 is 15.9 Å². The summed E-state index contributed by atoms with van der Waals surface area (Å²) < 4.78 is 32.2. The summed E-state index contributed by atoms with van der Waals surface area (Å²) in [7, 11) is -4.31. The van der Waals surface area contributed by atoms with Crippen molar-refractivity contribution in [3.63, 3.8) is 0 Å². The van der Waals surface area contributed by atoms with E-state index in [1.165, 1.54) is 19.3 Å². The van der Waals surface area contributed by atoms with Gasteiger partial charge in [-0.2, -0.15) is 0 Å². The van der Waals surface area contributed by atoms with E-state index in [9.17, 15) is 28.0 Å². The molecule has 4 saturated carbocycles. The predicted octanol–water partition coefficient (Wildman–Crippen LogP) is -0.766. The van der Waals surface area contributed by atoms with Gasteiger partial charge in [-0.3, -0.25) is 4.79 Å². The fourth-order valence-electron chi connectivity index (χ4n) is 9.22. The van der Waals surface area contributed by atoms with E-state index >= 15 is 0 Å². The Morgan fingerprint density at radius 1 is 1.03 bits per heavy atom. The summed E-state index contributed by atoms with van der Waals surface area (Å²) in [5.41, 5.74) is 0.354. The Bertz CT molecular complexity index is 872. The Morgan fingerprint density at radius 2 is 1.67 bits per heavy atom. The summed E-state index contributed by atoms with van der Waals surface area (Å²) in [6.07, 6.45) is 8.75. The van der Waals surface area contributed by atoms with Crippen LogP contribution in [0.2, 0.25) is 0 Å². The van der Waals surface area contributed by atoms with Gasteiger partial charge in [0.25, 0.3) is 0 Å². The van der Waals surface area contributed by atoms with E-state index in [1.807, 2.05) is 0 Å². The van der Waals surface area contributed by atoms with Crippen molar-refractivity contribution < 1.29 is 63.0 Å². The molecule has 4 aliphatic carbocycles. The van der Waals surface area contributed by atoms with Crippen molar-refractivity contribution in [3.05, 3.63) is 0 Å². The van der Waals surface area contributed by atoms with Gasteiger partial charge >= 0.3 is 29.6 Å². The molecule has 0 aromatic heterocycles. The van der Waals surface area contributed by atoms with Gasteiger partial charge in [-0.15, -0.1) is 0 Å². The second kappa shape index (κ2) is 12.2. The second-order valence-corrected chi connectivity index (χ2v) is 14.1. The Labute approximate surface area is 239 Å². The van der Waals surface area contributed by atoms with E-state index in [0.717, 1.165) is 38.5 Å². The van der Waals surface area contributed by atoms with Crippen molar-refractivity contribution in [2.75, 3.05) is 12.3 Å². The quantitative estimate of drug-likeness (QED) is 0.285. The van der Waals surface area contributed by atoms with Gasteiger partial charge in [0, 0.05) is 13.0 Å². The maximum Gasteiger partial charge on any atom is 1.00 e. The van der Waals surface area contributed by atoms with Crippen LogP contribution in [0, 0.1) is 46.3 Å². The van der Waals surface area contributed by atoms with Gasteiger partial charge in [0.15, 0.2) is 0 Å². The Kier molecular flexibility index (Phi) is 11.0. The third-order valence-corrected chi connectivity index (χ3v) is 11.6. The molecule has 4 rings (SSSR count). The largest absolute Gasteiger partial charge is 1.00 e. The molecule has 10 heteroatoms. The summed E-state index contributed by atoms with van der Waals surface area (Å²) >= 11 is 0. The molecule has 0 saturated heterocycles. The van der Waals surface area contributed by atoms with E-state index in [2.05, 4.69) is 26.1 Å². The molecule has 0 bridgehead atoms. The zero-order chi connectivity index (χ0) is 24.9. The van der Waals surface area contributed by atoms with Crippen LogP contribution in [0.5, 0.6) is 0 Å². The zero-order valence-electron chi connectivity index (χ0n) is 22.5. The van der Waals surface area contributed by atoms with Crippen LogP contribution < -0.4 is 34.9 Å². The number of hydrogen-bond donors (Lipinski definition) is 3. The fourth-order valence-corrected chi connectivity index (χ4v) is 9.57. The smallest absolute Gasteiger partial charge is 0.748 e. The van der Waals surface area contributed by atoms with Crippen molar-refractivity contribution in [3.8, 4) is 0 Å². The van der Waals surface area contributed by atoms with Gasteiger partial charge in [-0.1, -0.05) is 20.8 Å². The van der Waals surface area contributed by atoms with Crippen LogP contribution in [0.1, 0.15) is 85.0 Å². The summed E-state index contributed by atoms with van der Waals surface area (Å²) in [5.74, 6) is 2.17. The zero-order valence-corrected chi connectivity index (χ0v) is 25.4. The number of rotatable bonds is 7. The molecule has 0 spiro atoms. The molecule has 36 heavy (non-hydrogen) atoms. The molecule has 8 nitrogen and oxygen atoms in total. The van der Waals surface area contributed by atoms with Crippen LogP contribution in [0.4, 0.5) is 0 Å². The average molecular weight is 540 g/mol. The maximum atomic E-state index is 12.2. The number of aliphatic hydroxyl groups is 2. The summed E-state index contributed by atoms with van der Waals surface area (Å²) in [4.78, 5) is 12.2. The molecule has 4 fully saturated rings. The molecule has 0 aromatic rings. The van der Waals surface area contributed by atoms with Crippen LogP contribution in [-0.4, -0.2) is 59.1 Å². The molecule has 204 valence electrons.